The van der Waals surface area contributed by atoms with Gasteiger partial charge in [0.05, 0.1) is 29.6 Å². The molecule has 43 heavy (non-hydrogen) atoms. The molecular weight excluding hydrogens is 620 g/mol. The van der Waals surface area contributed by atoms with E-state index in [1.165, 1.54) is 6.92 Å². The van der Waals surface area contributed by atoms with Crippen LogP contribution in [0, 0.1) is 29.1 Å². The number of ether oxygens (including phenoxy) is 4. The third-order valence-electron chi connectivity index (χ3n) is 12.6. The fraction of sp³-hybridized carbons (Fsp3) is 0.750. The first-order valence-corrected chi connectivity index (χ1v) is 15.4. The van der Waals surface area contributed by atoms with Crippen molar-refractivity contribution in [2.24, 2.45) is 29.1 Å². The van der Waals surface area contributed by atoms with Gasteiger partial charge >= 0.3 is 5.97 Å². The van der Waals surface area contributed by atoms with E-state index >= 15 is 0 Å². The third-order valence-corrected chi connectivity index (χ3v) is 12.6. The summed E-state index contributed by atoms with van der Waals surface area (Å²) in [7, 11) is 5.05. The molecule has 1 heterocycles. The zero-order chi connectivity index (χ0) is 29.8. The van der Waals surface area contributed by atoms with E-state index in [-0.39, 0.29) is 64.8 Å². The molecular formula is C32H44BrN2O8-. The molecule has 1 aromatic carbocycles. The van der Waals surface area contributed by atoms with Gasteiger partial charge in [0, 0.05) is 76.3 Å². The Morgan fingerprint density at radius 2 is 1.81 bits per heavy atom. The summed E-state index contributed by atoms with van der Waals surface area (Å²) in [5.41, 5.74) is -3.57. The van der Waals surface area contributed by atoms with Crippen LogP contribution in [0.4, 0.5) is 5.69 Å². The lowest BCUT2D eigenvalue weighted by Gasteiger charge is -2.70. The van der Waals surface area contributed by atoms with Gasteiger partial charge in [-0.3, -0.25) is 9.69 Å². The van der Waals surface area contributed by atoms with Gasteiger partial charge < -0.3 is 51.5 Å². The largest absolute Gasteiger partial charge is 1.00 e. The predicted molar refractivity (Wildman–Crippen MR) is 152 cm³/mol. The Balaban J connectivity index is 0.00000329. The number of methoxy groups -OCH3 is 3. The lowest BCUT2D eigenvalue weighted by Crippen LogP contribution is -3.00. The number of piperidine rings is 1. The average Bonchev–Trinajstić information content (AvgIpc) is 3.39. The van der Waals surface area contributed by atoms with Gasteiger partial charge in [-0.25, -0.2) is 4.79 Å². The number of nitrogens with one attached hydrogen (secondary N) is 1. The number of carbonyl (C=O) groups excluding carboxylic acids is 2. The SMILES string of the molecule is CCN1C[C@]2(OC(=O)c3ccccc3NC(C)=O)CCC(OC)[C@]34C1C(C[C@H]23)[C@@]1(O)CC(OC)[C@H]2C[C@H]4[C@]1(O)C2OC.[Br-]. The topological polar surface area (TPSA) is 127 Å². The summed E-state index contributed by atoms with van der Waals surface area (Å²) in [4.78, 5) is 28.3. The smallest absolute Gasteiger partial charge is 0.340 e. The standard InChI is InChI=1S/C32H44N2O8.BrH/c1-6-34-16-29(42-28(36)18-9-7-8-10-21(18)33-17(2)35)12-11-25(40-4)31-23(29)14-20(26(31)34)30(37)15-22(39-3)19-13-24(31)32(30,38)27(19)41-5;/h7-10,19-20,22-27,37-38H,6,11-16H2,1-5H3,(H,33,35);1H/p-1/t19-,20?,22?,23-,24-,25?,26?,27?,29-,30+,31+,32+;/m1./s1. The number of benzene rings is 1. The quantitative estimate of drug-likeness (QED) is 0.322. The molecule has 11 heteroatoms. The number of hydrogen-bond donors (Lipinski definition) is 3. The van der Waals surface area contributed by atoms with E-state index in [2.05, 4.69) is 17.1 Å². The lowest BCUT2D eigenvalue weighted by atomic mass is 9.44. The van der Waals surface area contributed by atoms with Crippen LogP contribution < -0.4 is 22.3 Å². The van der Waals surface area contributed by atoms with E-state index in [0.717, 1.165) is 0 Å². The molecule has 3 N–H and O–H groups in total. The molecule has 0 aromatic heterocycles. The highest BCUT2D eigenvalue weighted by atomic mass is 79.9. The number of likely N-dealkylation sites (tertiary alicyclic amines) is 1. The molecule has 5 saturated carbocycles. The summed E-state index contributed by atoms with van der Waals surface area (Å²) in [6.45, 7) is 4.79. The summed E-state index contributed by atoms with van der Waals surface area (Å²) < 4.78 is 25.1. The zero-order valence-electron chi connectivity index (χ0n) is 25.5. The van der Waals surface area contributed by atoms with Crippen LogP contribution in [0.15, 0.2) is 24.3 Å². The van der Waals surface area contributed by atoms with Crippen molar-refractivity contribution in [1.82, 2.24) is 4.90 Å². The number of halogens is 1. The van der Waals surface area contributed by atoms with Crippen LogP contribution in [0.25, 0.3) is 0 Å². The third kappa shape index (κ3) is 3.67. The van der Waals surface area contributed by atoms with Crippen LogP contribution in [0.3, 0.4) is 0 Å². The molecule has 6 aliphatic rings. The van der Waals surface area contributed by atoms with Gasteiger partial charge in [0.15, 0.2) is 0 Å². The van der Waals surface area contributed by atoms with Crippen molar-refractivity contribution in [3.63, 3.8) is 0 Å². The van der Waals surface area contributed by atoms with E-state index in [0.29, 0.717) is 56.4 Å². The van der Waals surface area contributed by atoms with Crippen LogP contribution in [0.5, 0.6) is 0 Å². The van der Waals surface area contributed by atoms with Gasteiger partial charge in [-0.15, -0.1) is 0 Å². The first kappa shape index (κ1) is 31.4. The fourth-order valence-corrected chi connectivity index (χ4v) is 11.6. The summed E-state index contributed by atoms with van der Waals surface area (Å²) in [5, 5.41) is 28.4. The molecule has 7 rings (SSSR count). The minimum Gasteiger partial charge on any atom is -1.00 e. The lowest BCUT2D eigenvalue weighted by molar-refractivity contribution is -0.337. The van der Waals surface area contributed by atoms with Crippen molar-refractivity contribution in [3.8, 4) is 0 Å². The van der Waals surface area contributed by atoms with Crippen LogP contribution in [-0.2, 0) is 23.7 Å². The number of aliphatic hydroxyl groups is 2. The number of para-hydroxylation sites is 1. The highest BCUT2D eigenvalue weighted by Gasteiger charge is 2.89. The average molecular weight is 665 g/mol. The molecule has 5 unspecified atom stereocenters. The monoisotopic (exact) mass is 663 g/mol. The Labute approximate surface area is 263 Å². The normalized spacial score (nSPS) is 47.0. The molecule has 0 radical (unpaired) electrons. The number of anilines is 1. The highest BCUT2D eigenvalue weighted by molar-refractivity contribution is 6.00. The first-order chi connectivity index (χ1) is 20.1. The first-order valence-electron chi connectivity index (χ1n) is 15.4. The van der Waals surface area contributed by atoms with Crippen molar-refractivity contribution in [2.45, 2.75) is 87.1 Å². The van der Waals surface area contributed by atoms with Crippen molar-refractivity contribution in [1.29, 1.82) is 0 Å². The Morgan fingerprint density at radius 1 is 1.07 bits per heavy atom. The summed E-state index contributed by atoms with van der Waals surface area (Å²) >= 11 is 0. The van der Waals surface area contributed by atoms with E-state index in [4.69, 9.17) is 18.9 Å². The van der Waals surface area contributed by atoms with Gasteiger partial charge in [-0.1, -0.05) is 19.1 Å². The Morgan fingerprint density at radius 3 is 2.47 bits per heavy atom. The number of fused-ring (bicyclic) bond motifs is 2. The summed E-state index contributed by atoms with van der Waals surface area (Å²) in [6.07, 6.45) is 1.91. The Kier molecular flexibility index (Phi) is 7.64. The van der Waals surface area contributed by atoms with Crippen LogP contribution in [0.2, 0.25) is 0 Å². The van der Waals surface area contributed by atoms with Gasteiger partial charge in [0.1, 0.15) is 16.8 Å². The van der Waals surface area contributed by atoms with Gasteiger partial charge in [0.25, 0.3) is 0 Å². The minimum atomic E-state index is -1.48. The van der Waals surface area contributed by atoms with Crippen LogP contribution in [0.1, 0.15) is 56.3 Å². The fourth-order valence-electron chi connectivity index (χ4n) is 11.6. The van der Waals surface area contributed by atoms with Crippen molar-refractivity contribution < 1.29 is 55.7 Å². The predicted octanol–water partition coefficient (Wildman–Crippen LogP) is -0.774. The van der Waals surface area contributed by atoms with Crippen LogP contribution in [-0.4, -0.2) is 103 Å². The number of likely N-dealkylation sites (N-methyl/N-ethyl adjacent to an activating group) is 1. The van der Waals surface area contributed by atoms with Crippen molar-refractivity contribution in [3.05, 3.63) is 29.8 Å². The molecule has 1 saturated heterocycles. The number of rotatable bonds is 7. The maximum atomic E-state index is 14.0. The number of esters is 1. The molecule has 238 valence electrons. The molecule has 1 aliphatic heterocycles. The molecule has 12 atom stereocenters. The maximum absolute atomic E-state index is 14.0. The van der Waals surface area contributed by atoms with E-state index < -0.39 is 34.3 Å². The van der Waals surface area contributed by atoms with Gasteiger partial charge in [-0.05, 0) is 44.4 Å². The maximum Gasteiger partial charge on any atom is 0.340 e. The molecule has 1 spiro atoms. The number of amides is 1. The second-order valence-corrected chi connectivity index (χ2v) is 13.7. The molecule has 7 bridgehead atoms. The Bertz CT molecular complexity index is 1300. The molecule has 1 aromatic rings. The Hall–Kier alpha value is -1.60. The van der Waals surface area contributed by atoms with Crippen molar-refractivity contribution in [2.75, 3.05) is 39.7 Å². The summed E-state index contributed by atoms with van der Waals surface area (Å²) in [6, 6.07) is 6.89. The number of nitrogens with zero attached hydrogens (tertiary/aromatic N) is 1. The molecule has 5 aliphatic carbocycles. The van der Waals surface area contributed by atoms with Gasteiger partial charge in [-0.2, -0.15) is 0 Å². The minimum absolute atomic E-state index is 0. The van der Waals surface area contributed by atoms with Crippen molar-refractivity contribution >= 4 is 17.6 Å². The number of carbonyl (C=O) groups is 2. The van der Waals surface area contributed by atoms with E-state index in [1.54, 1.807) is 45.6 Å². The van der Waals surface area contributed by atoms with E-state index in [9.17, 15) is 19.8 Å². The molecule has 6 fully saturated rings. The van der Waals surface area contributed by atoms with Crippen LogP contribution >= 0.6 is 0 Å². The zero-order valence-corrected chi connectivity index (χ0v) is 27.1. The second-order valence-electron chi connectivity index (χ2n) is 13.7. The molecule has 10 nitrogen and oxygen atoms in total. The highest BCUT2D eigenvalue weighted by Crippen LogP contribution is 2.79. The molecule has 1 amide bonds. The number of hydrogen-bond acceptors (Lipinski definition) is 9. The van der Waals surface area contributed by atoms with E-state index in [1.807, 2.05) is 0 Å². The second kappa shape index (κ2) is 10.5. The summed E-state index contributed by atoms with van der Waals surface area (Å²) in [5.74, 6) is -1.54. The van der Waals surface area contributed by atoms with Gasteiger partial charge in [0.2, 0.25) is 5.91 Å².